The standard InChI is InChI=1S/C11H9BrN2O/c1-8-4-10(12)2-3-11(8)14-6-9(7-15)5-13-14/h2-7H,1H3. The van der Waals surface area contributed by atoms with Gasteiger partial charge in [0.05, 0.1) is 17.4 Å². The van der Waals surface area contributed by atoms with Crippen molar-refractivity contribution in [1.29, 1.82) is 0 Å². The number of hydrogen-bond acceptors (Lipinski definition) is 2. The van der Waals surface area contributed by atoms with E-state index in [-0.39, 0.29) is 0 Å². The molecule has 76 valence electrons. The first-order valence-corrected chi connectivity index (χ1v) is 5.26. The Morgan fingerprint density at radius 2 is 2.27 bits per heavy atom. The van der Waals surface area contributed by atoms with Gasteiger partial charge in [0.15, 0.2) is 6.29 Å². The van der Waals surface area contributed by atoms with Crippen LogP contribution < -0.4 is 0 Å². The molecule has 0 aliphatic rings. The molecule has 0 saturated carbocycles. The largest absolute Gasteiger partial charge is 0.298 e. The number of aryl methyl sites for hydroxylation is 1. The topological polar surface area (TPSA) is 34.9 Å². The zero-order valence-electron chi connectivity index (χ0n) is 8.14. The van der Waals surface area contributed by atoms with Crippen LogP contribution in [-0.4, -0.2) is 16.1 Å². The van der Waals surface area contributed by atoms with E-state index in [1.54, 1.807) is 17.1 Å². The molecule has 0 bridgehead atoms. The van der Waals surface area contributed by atoms with Crippen LogP contribution in [0, 0.1) is 6.92 Å². The normalized spacial score (nSPS) is 10.3. The van der Waals surface area contributed by atoms with Gasteiger partial charge in [0.2, 0.25) is 0 Å². The van der Waals surface area contributed by atoms with Crippen molar-refractivity contribution in [1.82, 2.24) is 9.78 Å². The number of halogens is 1. The molecular weight excluding hydrogens is 256 g/mol. The summed E-state index contributed by atoms with van der Waals surface area (Å²) in [6.45, 7) is 2.00. The number of rotatable bonds is 2. The summed E-state index contributed by atoms with van der Waals surface area (Å²) in [6, 6.07) is 5.92. The molecule has 0 amide bonds. The molecule has 0 aliphatic heterocycles. The molecule has 0 spiro atoms. The molecule has 1 aromatic heterocycles. The SMILES string of the molecule is Cc1cc(Br)ccc1-n1cc(C=O)cn1. The molecule has 0 radical (unpaired) electrons. The fraction of sp³-hybridized carbons (Fsp3) is 0.0909. The lowest BCUT2D eigenvalue weighted by molar-refractivity contribution is 0.112. The summed E-state index contributed by atoms with van der Waals surface area (Å²) in [4.78, 5) is 10.5. The molecule has 0 aliphatic carbocycles. The molecule has 3 nitrogen and oxygen atoms in total. The van der Waals surface area contributed by atoms with E-state index in [2.05, 4.69) is 21.0 Å². The van der Waals surface area contributed by atoms with Crippen molar-refractivity contribution in [3.05, 3.63) is 46.2 Å². The second kappa shape index (κ2) is 3.98. The molecule has 4 heteroatoms. The zero-order chi connectivity index (χ0) is 10.8. The second-order valence-electron chi connectivity index (χ2n) is 3.27. The first-order valence-electron chi connectivity index (χ1n) is 4.47. The van der Waals surface area contributed by atoms with Gasteiger partial charge in [0.25, 0.3) is 0 Å². The highest BCUT2D eigenvalue weighted by Gasteiger charge is 2.03. The highest BCUT2D eigenvalue weighted by molar-refractivity contribution is 9.10. The van der Waals surface area contributed by atoms with E-state index >= 15 is 0 Å². The van der Waals surface area contributed by atoms with Crippen LogP contribution in [0.15, 0.2) is 35.1 Å². The van der Waals surface area contributed by atoms with Gasteiger partial charge in [0, 0.05) is 10.7 Å². The van der Waals surface area contributed by atoms with Crippen molar-refractivity contribution in [2.24, 2.45) is 0 Å². The van der Waals surface area contributed by atoms with Gasteiger partial charge in [-0.3, -0.25) is 4.79 Å². The Hall–Kier alpha value is -1.42. The van der Waals surface area contributed by atoms with Gasteiger partial charge in [-0.2, -0.15) is 5.10 Å². The third-order valence-corrected chi connectivity index (χ3v) is 2.64. The first-order chi connectivity index (χ1) is 7.20. The summed E-state index contributed by atoms with van der Waals surface area (Å²) in [5, 5.41) is 4.12. The summed E-state index contributed by atoms with van der Waals surface area (Å²) >= 11 is 3.40. The van der Waals surface area contributed by atoms with Crippen LogP contribution in [0.25, 0.3) is 5.69 Å². The minimum Gasteiger partial charge on any atom is -0.298 e. The van der Waals surface area contributed by atoms with E-state index < -0.39 is 0 Å². The average Bonchev–Trinajstić information content (AvgIpc) is 2.66. The van der Waals surface area contributed by atoms with Crippen LogP contribution in [0.3, 0.4) is 0 Å². The Balaban J connectivity index is 2.49. The second-order valence-corrected chi connectivity index (χ2v) is 4.18. The van der Waals surface area contributed by atoms with Crippen LogP contribution >= 0.6 is 15.9 Å². The van der Waals surface area contributed by atoms with Crippen LogP contribution in [0.2, 0.25) is 0 Å². The van der Waals surface area contributed by atoms with E-state index in [0.29, 0.717) is 5.56 Å². The smallest absolute Gasteiger partial charge is 0.153 e. The minimum absolute atomic E-state index is 0.581. The van der Waals surface area contributed by atoms with Crippen molar-refractivity contribution in [2.45, 2.75) is 6.92 Å². The number of benzene rings is 1. The van der Waals surface area contributed by atoms with E-state index in [1.165, 1.54) is 0 Å². The van der Waals surface area contributed by atoms with Crippen LogP contribution in [-0.2, 0) is 0 Å². The number of hydrogen-bond donors (Lipinski definition) is 0. The van der Waals surface area contributed by atoms with Crippen LogP contribution in [0.4, 0.5) is 0 Å². The Morgan fingerprint density at radius 1 is 1.47 bits per heavy atom. The number of nitrogens with zero attached hydrogens (tertiary/aromatic N) is 2. The summed E-state index contributed by atoms with van der Waals surface area (Å²) in [5.41, 5.74) is 2.66. The van der Waals surface area contributed by atoms with Gasteiger partial charge < -0.3 is 0 Å². The fourth-order valence-corrected chi connectivity index (χ4v) is 1.88. The van der Waals surface area contributed by atoms with Gasteiger partial charge in [0.1, 0.15) is 0 Å². The zero-order valence-corrected chi connectivity index (χ0v) is 9.73. The number of aromatic nitrogens is 2. The Labute approximate surface area is 95.9 Å². The molecule has 0 N–H and O–H groups in total. The van der Waals surface area contributed by atoms with Gasteiger partial charge >= 0.3 is 0 Å². The van der Waals surface area contributed by atoms with Gasteiger partial charge in [-0.25, -0.2) is 4.68 Å². The fourth-order valence-electron chi connectivity index (χ4n) is 1.41. The van der Waals surface area contributed by atoms with Gasteiger partial charge in [-0.1, -0.05) is 15.9 Å². The monoisotopic (exact) mass is 264 g/mol. The average molecular weight is 265 g/mol. The maximum Gasteiger partial charge on any atom is 0.153 e. The minimum atomic E-state index is 0.581. The third kappa shape index (κ3) is 1.99. The quantitative estimate of drug-likeness (QED) is 0.782. The van der Waals surface area contributed by atoms with E-state index in [0.717, 1.165) is 22.0 Å². The number of carbonyl (C=O) groups excluding carboxylic acids is 1. The molecule has 2 rings (SSSR count). The molecule has 0 fully saturated rings. The van der Waals surface area contributed by atoms with Crippen molar-refractivity contribution in [3.8, 4) is 5.69 Å². The molecule has 1 aromatic carbocycles. The maximum atomic E-state index is 10.5. The maximum absolute atomic E-state index is 10.5. The Kier molecular flexibility index (Phi) is 2.68. The predicted molar refractivity (Wildman–Crippen MR) is 61.4 cm³/mol. The number of aldehydes is 1. The highest BCUT2D eigenvalue weighted by atomic mass is 79.9. The third-order valence-electron chi connectivity index (χ3n) is 2.14. The summed E-state index contributed by atoms with van der Waals surface area (Å²) in [6.07, 6.45) is 4.05. The lowest BCUT2D eigenvalue weighted by Crippen LogP contribution is -1.96. The Bertz CT molecular complexity index is 505. The molecule has 1 heterocycles. The predicted octanol–water partition coefficient (Wildman–Crippen LogP) is 2.76. The first kappa shape index (κ1) is 10.1. The highest BCUT2D eigenvalue weighted by Crippen LogP contribution is 2.18. The van der Waals surface area contributed by atoms with Crippen molar-refractivity contribution in [2.75, 3.05) is 0 Å². The number of carbonyl (C=O) groups is 1. The van der Waals surface area contributed by atoms with Gasteiger partial charge in [-0.15, -0.1) is 0 Å². The summed E-state index contributed by atoms with van der Waals surface area (Å²) < 4.78 is 2.73. The molecule has 0 atom stereocenters. The van der Waals surface area contributed by atoms with Crippen molar-refractivity contribution in [3.63, 3.8) is 0 Å². The van der Waals surface area contributed by atoms with Gasteiger partial charge in [-0.05, 0) is 30.7 Å². The van der Waals surface area contributed by atoms with Crippen molar-refractivity contribution >= 4 is 22.2 Å². The molecule has 0 unspecified atom stereocenters. The molecule has 15 heavy (non-hydrogen) atoms. The van der Waals surface area contributed by atoms with Crippen molar-refractivity contribution < 1.29 is 4.79 Å². The lowest BCUT2D eigenvalue weighted by Gasteiger charge is -2.05. The molecule has 0 saturated heterocycles. The van der Waals surface area contributed by atoms with E-state index in [1.807, 2.05) is 25.1 Å². The van der Waals surface area contributed by atoms with E-state index in [9.17, 15) is 4.79 Å². The lowest BCUT2D eigenvalue weighted by atomic mass is 10.2. The Morgan fingerprint density at radius 3 is 2.87 bits per heavy atom. The summed E-state index contributed by atoms with van der Waals surface area (Å²) in [7, 11) is 0. The molecule has 2 aromatic rings. The van der Waals surface area contributed by atoms with E-state index in [4.69, 9.17) is 0 Å². The summed E-state index contributed by atoms with van der Waals surface area (Å²) in [5.74, 6) is 0. The van der Waals surface area contributed by atoms with Crippen LogP contribution in [0.5, 0.6) is 0 Å². The molecular formula is C11H9BrN2O. The van der Waals surface area contributed by atoms with Crippen LogP contribution in [0.1, 0.15) is 15.9 Å².